The van der Waals surface area contributed by atoms with Gasteiger partial charge < -0.3 is 10.5 Å². The van der Waals surface area contributed by atoms with Crippen LogP contribution in [0.4, 0.5) is 4.39 Å². The van der Waals surface area contributed by atoms with E-state index < -0.39 is 0 Å². The minimum atomic E-state index is -0.224. The molecule has 0 aliphatic carbocycles. The molecule has 0 spiro atoms. The number of halogens is 1. The summed E-state index contributed by atoms with van der Waals surface area (Å²) in [4.78, 5) is 0. The SMILES string of the molecule is Cc1ccc(F)cc1C(N)C1C(C)OC(C)C1C. The van der Waals surface area contributed by atoms with Crippen molar-refractivity contribution in [2.24, 2.45) is 17.6 Å². The van der Waals surface area contributed by atoms with Crippen molar-refractivity contribution in [3.8, 4) is 0 Å². The van der Waals surface area contributed by atoms with Crippen molar-refractivity contribution in [1.82, 2.24) is 0 Å². The van der Waals surface area contributed by atoms with Gasteiger partial charge in [0.05, 0.1) is 12.2 Å². The van der Waals surface area contributed by atoms with Crippen LogP contribution in [0.2, 0.25) is 0 Å². The summed E-state index contributed by atoms with van der Waals surface area (Å²) in [6.45, 7) is 8.27. The molecule has 0 aromatic heterocycles. The Morgan fingerprint density at radius 3 is 2.44 bits per heavy atom. The van der Waals surface area contributed by atoms with Gasteiger partial charge in [0.15, 0.2) is 0 Å². The normalized spacial score (nSPS) is 33.7. The molecule has 1 saturated heterocycles. The highest BCUT2D eigenvalue weighted by Gasteiger charge is 2.41. The lowest BCUT2D eigenvalue weighted by Crippen LogP contribution is -2.31. The van der Waals surface area contributed by atoms with Crippen LogP contribution in [0.3, 0.4) is 0 Å². The first-order valence-electron chi connectivity index (χ1n) is 6.59. The second-order valence-electron chi connectivity index (χ2n) is 5.51. The largest absolute Gasteiger partial charge is 0.375 e. The predicted octanol–water partition coefficient (Wildman–Crippen LogP) is 3.19. The lowest BCUT2D eigenvalue weighted by molar-refractivity contribution is 0.0489. The van der Waals surface area contributed by atoms with E-state index in [1.807, 2.05) is 6.92 Å². The second kappa shape index (κ2) is 4.98. The highest BCUT2D eigenvalue weighted by atomic mass is 19.1. The predicted molar refractivity (Wildman–Crippen MR) is 70.7 cm³/mol. The Morgan fingerprint density at radius 1 is 1.22 bits per heavy atom. The maximum Gasteiger partial charge on any atom is 0.123 e. The van der Waals surface area contributed by atoms with Gasteiger partial charge in [-0.15, -0.1) is 0 Å². The quantitative estimate of drug-likeness (QED) is 0.876. The Labute approximate surface area is 108 Å². The average Bonchev–Trinajstić information content (AvgIpc) is 2.56. The van der Waals surface area contributed by atoms with E-state index in [4.69, 9.17) is 10.5 Å². The van der Waals surface area contributed by atoms with Crippen molar-refractivity contribution in [2.45, 2.75) is 45.9 Å². The first kappa shape index (κ1) is 13.5. The highest BCUT2D eigenvalue weighted by molar-refractivity contribution is 5.30. The van der Waals surface area contributed by atoms with Crippen LogP contribution in [0.15, 0.2) is 18.2 Å². The van der Waals surface area contributed by atoms with Crippen molar-refractivity contribution >= 4 is 0 Å². The summed E-state index contributed by atoms with van der Waals surface area (Å²) in [7, 11) is 0. The molecular formula is C15H22FNO. The summed E-state index contributed by atoms with van der Waals surface area (Å²) in [5.41, 5.74) is 8.31. The van der Waals surface area contributed by atoms with Crippen molar-refractivity contribution in [1.29, 1.82) is 0 Å². The number of hydrogen-bond donors (Lipinski definition) is 1. The van der Waals surface area contributed by atoms with Gasteiger partial charge in [-0.2, -0.15) is 0 Å². The maximum atomic E-state index is 13.4. The fourth-order valence-corrected chi connectivity index (χ4v) is 3.09. The van der Waals surface area contributed by atoms with Crippen molar-refractivity contribution in [3.63, 3.8) is 0 Å². The van der Waals surface area contributed by atoms with Crippen LogP contribution in [0.25, 0.3) is 0 Å². The molecule has 1 aliphatic heterocycles. The van der Waals surface area contributed by atoms with Gasteiger partial charge in [-0.25, -0.2) is 4.39 Å². The van der Waals surface area contributed by atoms with Gasteiger partial charge >= 0.3 is 0 Å². The minimum absolute atomic E-state index is 0.118. The standard InChI is InChI=1S/C15H22FNO/c1-8-5-6-12(16)7-13(8)15(17)14-9(2)10(3)18-11(14)4/h5-7,9-11,14-15H,17H2,1-4H3. The number of benzene rings is 1. The van der Waals surface area contributed by atoms with E-state index >= 15 is 0 Å². The number of rotatable bonds is 2. The zero-order valence-electron chi connectivity index (χ0n) is 11.5. The smallest absolute Gasteiger partial charge is 0.123 e. The second-order valence-corrected chi connectivity index (χ2v) is 5.51. The van der Waals surface area contributed by atoms with Crippen LogP contribution in [0.5, 0.6) is 0 Å². The summed E-state index contributed by atoms with van der Waals surface area (Å²) in [6, 6.07) is 4.66. The van der Waals surface area contributed by atoms with Gasteiger partial charge in [0.2, 0.25) is 0 Å². The zero-order valence-corrected chi connectivity index (χ0v) is 11.5. The first-order valence-corrected chi connectivity index (χ1v) is 6.59. The minimum Gasteiger partial charge on any atom is -0.375 e. The summed E-state index contributed by atoms with van der Waals surface area (Å²) in [6.07, 6.45) is 0.331. The average molecular weight is 251 g/mol. The van der Waals surface area contributed by atoms with Gasteiger partial charge in [-0.1, -0.05) is 13.0 Å². The summed E-state index contributed by atoms with van der Waals surface area (Å²) < 4.78 is 19.2. The lowest BCUT2D eigenvalue weighted by atomic mass is 9.80. The Kier molecular flexibility index (Phi) is 3.74. The molecule has 2 rings (SSSR count). The van der Waals surface area contributed by atoms with Crippen LogP contribution >= 0.6 is 0 Å². The van der Waals surface area contributed by atoms with Crippen molar-refractivity contribution in [3.05, 3.63) is 35.1 Å². The van der Waals surface area contributed by atoms with Gasteiger partial charge in [0.25, 0.3) is 0 Å². The fraction of sp³-hybridized carbons (Fsp3) is 0.600. The molecule has 1 aromatic carbocycles. The Hall–Kier alpha value is -0.930. The Balaban J connectivity index is 2.30. The van der Waals surface area contributed by atoms with Gasteiger partial charge in [-0.05, 0) is 49.9 Å². The molecule has 1 aromatic rings. The topological polar surface area (TPSA) is 35.2 Å². The molecule has 1 heterocycles. The third kappa shape index (κ3) is 2.29. The van der Waals surface area contributed by atoms with Gasteiger partial charge in [0, 0.05) is 12.0 Å². The number of aryl methyl sites for hydroxylation is 1. The molecule has 100 valence electrons. The van der Waals surface area contributed by atoms with E-state index in [1.54, 1.807) is 12.1 Å². The van der Waals surface area contributed by atoms with E-state index in [2.05, 4.69) is 20.8 Å². The van der Waals surface area contributed by atoms with Crippen LogP contribution in [0.1, 0.15) is 37.9 Å². The van der Waals surface area contributed by atoms with Crippen LogP contribution in [0, 0.1) is 24.6 Å². The summed E-state index contributed by atoms with van der Waals surface area (Å²) in [5, 5.41) is 0. The molecule has 2 nitrogen and oxygen atoms in total. The molecular weight excluding hydrogens is 229 g/mol. The molecule has 0 saturated carbocycles. The molecule has 0 amide bonds. The monoisotopic (exact) mass is 251 g/mol. The van der Waals surface area contributed by atoms with E-state index in [1.165, 1.54) is 6.07 Å². The maximum absolute atomic E-state index is 13.4. The Bertz CT molecular complexity index is 435. The molecule has 18 heavy (non-hydrogen) atoms. The number of nitrogens with two attached hydrogens (primary N) is 1. The van der Waals surface area contributed by atoms with E-state index in [9.17, 15) is 4.39 Å². The highest BCUT2D eigenvalue weighted by Crippen LogP contribution is 2.40. The van der Waals surface area contributed by atoms with Crippen LogP contribution < -0.4 is 5.73 Å². The van der Waals surface area contributed by atoms with E-state index in [0.29, 0.717) is 5.92 Å². The first-order chi connectivity index (χ1) is 8.41. The van der Waals surface area contributed by atoms with Crippen LogP contribution in [-0.4, -0.2) is 12.2 Å². The van der Waals surface area contributed by atoms with E-state index in [-0.39, 0.29) is 30.0 Å². The fourth-order valence-electron chi connectivity index (χ4n) is 3.09. The van der Waals surface area contributed by atoms with Crippen molar-refractivity contribution < 1.29 is 9.13 Å². The van der Waals surface area contributed by atoms with Gasteiger partial charge in [0.1, 0.15) is 5.82 Å². The lowest BCUT2D eigenvalue weighted by Gasteiger charge is -2.27. The molecule has 3 heteroatoms. The van der Waals surface area contributed by atoms with E-state index in [0.717, 1.165) is 11.1 Å². The summed E-state index contributed by atoms with van der Waals surface area (Å²) >= 11 is 0. The molecule has 0 bridgehead atoms. The van der Waals surface area contributed by atoms with Crippen molar-refractivity contribution in [2.75, 3.05) is 0 Å². The number of hydrogen-bond acceptors (Lipinski definition) is 2. The Morgan fingerprint density at radius 2 is 1.89 bits per heavy atom. The third-order valence-electron chi connectivity index (χ3n) is 4.33. The van der Waals surface area contributed by atoms with Gasteiger partial charge in [-0.3, -0.25) is 0 Å². The molecule has 2 N–H and O–H groups in total. The number of ether oxygens (including phenoxy) is 1. The summed E-state index contributed by atoms with van der Waals surface area (Å²) in [5.74, 6) is 0.400. The van der Waals surface area contributed by atoms with Crippen LogP contribution in [-0.2, 0) is 4.74 Å². The molecule has 0 radical (unpaired) electrons. The third-order valence-corrected chi connectivity index (χ3v) is 4.33. The zero-order chi connectivity index (χ0) is 13.4. The molecule has 5 unspecified atom stereocenters. The molecule has 1 aliphatic rings. The molecule has 1 fully saturated rings. The molecule has 5 atom stereocenters.